The van der Waals surface area contributed by atoms with Crippen LogP contribution in [0.5, 0.6) is 0 Å². The number of rotatable bonds is 7. The second-order valence-electron chi connectivity index (χ2n) is 9.98. The fraction of sp³-hybridized carbons (Fsp3) is 0.538. The molecular formula is C26H34ClN7O2. The van der Waals surface area contributed by atoms with Crippen molar-refractivity contribution in [1.82, 2.24) is 19.8 Å². The number of carbonyl (C=O) groups excluding carboxylic acids is 2. The first-order chi connectivity index (χ1) is 17.5. The molecule has 3 aliphatic rings. The number of hydrogen-bond donors (Lipinski definition) is 2. The summed E-state index contributed by atoms with van der Waals surface area (Å²) in [7, 11) is 0. The maximum absolute atomic E-state index is 12.0. The summed E-state index contributed by atoms with van der Waals surface area (Å²) in [5.41, 5.74) is 7.88. The zero-order valence-electron chi connectivity index (χ0n) is 20.5. The zero-order valence-corrected chi connectivity index (χ0v) is 21.3. The van der Waals surface area contributed by atoms with Gasteiger partial charge in [0, 0.05) is 37.9 Å². The molecule has 3 fully saturated rings. The third-order valence-electron chi connectivity index (χ3n) is 7.69. The first-order valence-corrected chi connectivity index (χ1v) is 13.4. The molecule has 0 saturated carbocycles. The predicted octanol–water partition coefficient (Wildman–Crippen LogP) is 2.94. The summed E-state index contributed by atoms with van der Waals surface area (Å²) in [5.74, 6) is 1.18. The Bertz CT molecular complexity index is 1080. The van der Waals surface area contributed by atoms with Gasteiger partial charge in [-0.15, -0.1) is 11.6 Å². The molecule has 0 spiro atoms. The second-order valence-corrected chi connectivity index (χ2v) is 10.2. The molecular weight excluding hydrogens is 478 g/mol. The number of hydrogen-bond acceptors (Lipinski definition) is 7. The van der Waals surface area contributed by atoms with Gasteiger partial charge in [-0.2, -0.15) is 0 Å². The van der Waals surface area contributed by atoms with Crippen LogP contribution in [-0.2, 0) is 4.79 Å². The van der Waals surface area contributed by atoms with Crippen LogP contribution in [0.4, 0.5) is 17.3 Å². The number of carbonyl (C=O) groups is 2. The van der Waals surface area contributed by atoms with E-state index in [0.29, 0.717) is 17.8 Å². The van der Waals surface area contributed by atoms with Crippen LogP contribution < -0.4 is 16.0 Å². The minimum atomic E-state index is -0.597. The number of likely N-dealkylation sites (tertiary alicyclic amines) is 2. The lowest BCUT2D eigenvalue weighted by atomic mass is 9.88. The first kappa shape index (κ1) is 24.8. The van der Waals surface area contributed by atoms with E-state index in [4.69, 9.17) is 22.3 Å². The third-order valence-corrected chi connectivity index (χ3v) is 7.92. The van der Waals surface area contributed by atoms with E-state index in [1.165, 1.54) is 12.0 Å². The van der Waals surface area contributed by atoms with Crippen molar-refractivity contribution in [3.63, 3.8) is 0 Å². The lowest BCUT2D eigenvalue weighted by Crippen LogP contribution is -2.62. The van der Waals surface area contributed by atoms with E-state index in [9.17, 15) is 9.59 Å². The fourth-order valence-corrected chi connectivity index (χ4v) is 5.64. The topological polar surface area (TPSA) is 108 Å². The smallest absolute Gasteiger partial charge is 0.271 e. The van der Waals surface area contributed by atoms with Crippen molar-refractivity contribution in [2.75, 3.05) is 55.4 Å². The second kappa shape index (κ2) is 11.0. The van der Waals surface area contributed by atoms with Gasteiger partial charge in [-0.3, -0.25) is 14.5 Å². The number of piperidine rings is 2. The number of anilines is 3. The number of alkyl halides is 1. The Morgan fingerprint density at radius 1 is 1.03 bits per heavy atom. The number of nitrogens with two attached hydrogens (primary N) is 1. The number of aromatic nitrogens is 2. The average Bonchev–Trinajstić information content (AvgIpc) is 2.89. The van der Waals surface area contributed by atoms with E-state index in [1.54, 1.807) is 6.20 Å². The molecule has 36 heavy (non-hydrogen) atoms. The van der Waals surface area contributed by atoms with E-state index < -0.39 is 5.91 Å². The van der Waals surface area contributed by atoms with E-state index in [2.05, 4.69) is 32.2 Å². The quantitative estimate of drug-likeness (QED) is 0.550. The zero-order chi connectivity index (χ0) is 25.1. The van der Waals surface area contributed by atoms with Gasteiger partial charge in [0.2, 0.25) is 5.91 Å². The molecule has 3 aliphatic heterocycles. The molecule has 1 aromatic heterocycles. The lowest BCUT2D eigenvalue weighted by Gasteiger charge is -2.47. The molecule has 2 aromatic rings. The Labute approximate surface area is 217 Å². The predicted molar refractivity (Wildman–Crippen MR) is 141 cm³/mol. The minimum absolute atomic E-state index is 0.0312. The van der Waals surface area contributed by atoms with Crippen molar-refractivity contribution in [3.8, 4) is 0 Å². The molecule has 192 valence electrons. The highest BCUT2D eigenvalue weighted by atomic mass is 35.5. The summed E-state index contributed by atoms with van der Waals surface area (Å²) >= 11 is 5.66. The van der Waals surface area contributed by atoms with E-state index in [-0.39, 0.29) is 17.5 Å². The minimum Gasteiger partial charge on any atom is -0.364 e. The Morgan fingerprint density at radius 3 is 2.36 bits per heavy atom. The molecule has 3 saturated heterocycles. The Morgan fingerprint density at radius 2 is 1.72 bits per heavy atom. The van der Waals surface area contributed by atoms with Gasteiger partial charge in [-0.05, 0) is 68.8 Å². The van der Waals surface area contributed by atoms with Crippen molar-refractivity contribution < 1.29 is 9.59 Å². The number of primary amides is 1. The average molecular weight is 512 g/mol. The summed E-state index contributed by atoms with van der Waals surface area (Å²) in [6.07, 6.45) is 7.34. The largest absolute Gasteiger partial charge is 0.364 e. The molecule has 1 aromatic carbocycles. The van der Waals surface area contributed by atoms with Gasteiger partial charge in [0.1, 0.15) is 11.7 Å². The number of nitrogens with one attached hydrogen (secondary N) is 1. The molecule has 3 N–H and O–H groups in total. The van der Waals surface area contributed by atoms with Crippen LogP contribution in [0, 0.1) is 0 Å². The van der Waals surface area contributed by atoms with Crippen LogP contribution in [0.1, 0.15) is 54.1 Å². The van der Waals surface area contributed by atoms with Crippen molar-refractivity contribution in [2.45, 2.75) is 44.1 Å². The number of benzene rings is 1. The van der Waals surface area contributed by atoms with Crippen LogP contribution in [-0.4, -0.2) is 82.8 Å². The SMILES string of the molecule is NC(=O)c1ncc(N2CCCCC2)nc1Nc1ccc(C2CCN(C3CN(C(=O)CCl)C3)CC2)cc1. The summed E-state index contributed by atoms with van der Waals surface area (Å²) in [6.45, 7) is 5.57. The van der Waals surface area contributed by atoms with Gasteiger partial charge in [-0.25, -0.2) is 9.97 Å². The standard InChI is InChI=1S/C26H34ClN7O2/c27-14-23(35)34-16-21(17-34)32-12-8-19(9-13-32)18-4-6-20(7-5-18)30-26-24(25(28)36)29-15-22(31-26)33-10-2-1-3-11-33/h4-7,15,19,21H,1-3,8-14,16-17H2,(H2,28,36)(H,30,31). The Balaban J connectivity index is 1.19. The number of nitrogens with zero attached hydrogens (tertiary/aromatic N) is 5. The third kappa shape index (κ3) is 5.42. The molecule has 4 heterocycles. The van der Waals surface area contributed by atoms with Crippen LogP contribution in [0.3, 0.4) is 0 Å². The van der Waals surface area contributed by atoms with Crippen molar-refractivity contribution >= 4 is 40.7 Å². The van der Waals surface area contributed by atoms with Crippen LogP contribution in [0.15, 0.2) is 30.5 Å². The highest BCUT2D eigenvalue weighted by Gasteiger charge is 2.36. The Hall–Kier alpha value is -2.91. The molecule has 5 rings (SSSR count). The van der Waals surface area contributed by atoms with Crippen LogP contribution >= 0.6 is 11.6 Å². The number of halogens is 1. The molecule has 0 atom stereocenters. The van der Waals surface area contributed by atoms with Gasteiger partial charge in [0.05, 0.1) is 6.20 Å². The maximum Gasteiger partial charge on any atom is 0.271 e. The summed E-state index contributed by atoms with van der Waals surface area (Å²) in [4.78, 5) is 39.2. The molecule has 0 unspecified atom stereocenters. The van der Waals surface area contributed by atoms with Gasteiger partial charge >= 0.3 is 0 Å². The van der Waals surface area contributed by atoms with Crippen LogP contribution in [0.2, 0.25) is 0 Å². The van der Waals surface area contributed by atoms with Crippen molar-refractivity contribution in [3.05, 3.63) is 41.7 Å². The highest BCUT2D eigenvalue weighted by Crippen LogP contribution is 2.32. The normalized spacial score (nSPS) is 19.7. The molecule has 0 aliphatic carbocycles. The fourth-order valence-electron chi connectivity index (χ4n) is 5.47. The van der Waals surface area contributed by atoms with E-state index >= 15 is 0 Å². The van der Waals surface area contributed by atoms with Gasteiger partial charge < -0.3 is 20.9 Å². The summed E-state index contributed by atoms with van der Waals surface area (Å²) < 4.78 is 0. The van der Waals surface area contributed by atoms with Gasteiger partial charge in [0.15, 0.2) is 11.5 Å². The van der Waals surface area contributed by atoms with Crippen LogP contribution in [0.25, 0.3) is 0 Å². The monoisotopic (exact) mass is 511 g/mol. The van der Waals surface area contributed by atoms with E-state index in [1.807, 2.05) is 17.0 Å². The lowest BCUT2D eigenvalue weighted by molar-refractivity contribution is -0.136. The molecule has 9 nitrogen and oxygen atoms in total. The highest BCUT2D eigenvalue weighted by molar-refractivity contribution is 6.27. The van der Waals surface area contributed by atoms with Crippen molar-refractivity contribution in [2.24, 2.45) is 5.73 Å². The molecule has 0 bridgehead atoms. The summed E-state index contributed by atoms with van der Waals surface area (Å²) in [5, 5.41) is 3.27. The molecule has 10 heteroatoms. The number of amides is 2. The van der Waals surface area contributed by atoms with E-state index in [0.717, 1.165) is 76.5 Å². The van der Waals surface area contributed by atoms with Gasteiger partial charge in [-0.1, -0.05) is 12.1 Å². The first-order valence-electron chi connectivity index (χ1n) is 12.9. The summed E-state index contributed by atoms with van der Waals surface area (Å²) in [6, 6.07) is 8.83. The molecule has 0 radical (unpaired) electrons. The molecule has 2 amide bonds. The maximum atomic E-state index is 12.0. The van der Waals surface area contributed by atoms with Crippen molar-refractivity contribution in [1.29, 1.82) is 0 Å². The van der Waals surface area contributed by atoms with Gasteiger partial charge in [0.25, 0.3) is 5.91 Å². The Kier molecular flexibility index (Phi) is 7.57.